The molecule has 0 aromatic heterocycles. The summed E-state index contributed by atoms with van der Waals surface area (Å²) in [5.74, 6) is 1.48. The molecule has 2 atom stereocenters. The topological polar surface area (TPSA) is 58.7 Å². The van der Waals surface area contributed by atoms with Crippen LogP contribution >= 0.6 is 0 Å². The van der Waals surface area contributed by atoms with Gasteiger partial charge in [-0.15, -0.1) is 0 Å². The molecule has 0 bridgehead atoms. The third-order valence-electron chi connectivity index (χ3n) is 4.00. The predicted molar refractivity (Wildman–Crippen MR) is 76.3 cm³/mol. The molecule has 19 heavy (non-hydrogen) atoms. The number of phenols is 1. The Morgan fingerprint density at radius 2 is 2.26 bits per heavy atom. The zero-order valence-electron chi connectivity index (χ0n) is 11.8. The number of likely N-dealkylation sites (tertiary alicyclic amines) is 1. The first-order chi connectivity index (χ1) is 9.13. The molecular formula is C15H24N2O2. The van der Waals surface area contributed by atoms with Crippen molar-refractivity contribution in [3.63, 3.8) is 0 Å². The Balaban J connectivity index is 2.05. The van der Waals surface area contributed by atoms with Crippen LogP contribution in [0.2, 0.25) is 0 Å². The fourth-order valence-electron chi connectivity index (χ4n) is 2.82. The lowest BCUT2D eigenvalue weighted by atomic mass is 9.92. The summed E-state index contributed by atoms with van der Waals surface area (Å²) in [5, 5.41) is 9.82. The molecule has 4 nitrogen and oxygen atoms in total. The number of methoxy groups -OCH3 is 1. The minimum absolute atomic E-state index is 0.203. The molecule has 1 heterocycles. The Bertz CT molecular complexity index is 423. The smallest absolute Gasteiger partial charge is 0.160 e. The first-order valence-electron chi connectivity index (χ1n) is 6.94. The summed E-state index contributed by atoms with van der Waals surface area (Å²) in [4.78, 5) is 2.42. The lowest BCUT2D eigenvalue weighted by molar-refractivity contribution is 0.115. The van der Waals surface area contributed by atoms with E-state index in [9.17, 15) is 5.11 Å². The van der Waals surface area contributed by atoms with Gasteiger partial charge >= 0.3 is 0 Å². The van der Waals surface area contributed by atoms with Crippen molar-refractivity contribution < 1.29 is 9.84 Å². The molecule has 0 saturated carbocycles. The number of ether oxygens (including phenoxy) is 1. The van der Waals surface area contributed by atoms with Gasteiger partial charge in [-0.1, -0.05) is 13.0 Å². The van der Waals surface area contributed by atoms with E-state index in [4.69, 9.17) is 10.5 Å². The Labute approximate surface area is 115 Å². The van der Waals surface area contributed by atoms with Gasteiger partial charge in [0.1, 0.15) is 0 Å². The van der Waals surface area contributed by atoms with Crippen LogP contribution in [0.1, 0.15) is 25.3 Å². The third-order valence-corrected chi connectivity index (χ3v) is 4.00. The average molecular weight is 264 g/mol. The fourth-order valence-corrected chi connectivity index (χ4v) is 2.82. The summed E-state index contributed by atoms with van der Waals surface area (Å²) in [6.45, 7) is 4.91. The lowest BCUT2D eigenvalue weighted by Gasteiger charge is -2.38. The second kappa shape index (κ2) is 6.26. The van der Waals surface area contributed by atoms with E-state index < -0.39 is 0 Å². The molecule has 0 amide bonds. The van der Waals surface area contributed by atoms with Crippen LogP contribution in [0.15, 0.2) is 18.2 Å². The number of hydrogen-bond donors (Lipinski definition) is 2. The van der Waals surface area contributed by atoms with Gasteiger partial charge in [0.15, 0.2) is 11.5 Å². The maximum Gasteiger partial charge on any atom is 0.160 e. The quantitative estimate of drug-likeness (QED) is 0.873. The molecule has 106 valence electrons. The number of nitrogens with two attached hydrogens (primary N) is 1. The summed E-state index contributed by atoms with van der Waals surface area (Å²) in [5.41, 5.74) is 6.98. The number of benzene rings is 1. The Kier molecular flexibility index (Phi) is 4.66. The molecule has 0 spiro atoms. The molecule has 0 radical (unpaired) electrons. The van der Waals surface area contributed by atoms with Crippen LogP contribution in [0.25, 0.3) is 0 Å². The first kappa shape index (κ1) is 14.2. The number of hydrogen-bond acceptors (Lipinski definition) is 4. The molecule has 2 unspecified atom stereocenters. The summed E-state index contributed by atoms with van der Waals surface area (Å²) in [7, 11) is 1.56. The van der Waals surface area contributed by atoms with Gasteiger partial charge in [-0.05, 0) is 43.0 Å². The molecule has 1 aromatic rings. The van der Waals surface area contributed by atoms with Gasteiger partial charge in [0.05, 0.1) is 7.11 Å². The summed E-state index contributed by atoms with van der Waals surface area (Å²) >= 11 is 0. The summed E-state index contributed by atoms with van der Waals surface area (Å²) in [6.07, 6.45) is 2.39. The Morgan fingerprint density at radius 3 is 2.89 bits per heavy atom. The van der Waals surface area contributed by atoms with Crippen LogP contribution in [0.5, 0.6) is 11.5 Å². The number of rotatable bonds is 4. The molecule has 1 fully saturated rings. The van der Waals surface area contributed by atoms with Crippen molar-refractivity contribution in [1.82, 2.24) is 4.90 Å². The van der Waals surface area contributed by atoms with E-state index in [-0.39, 0.29) is 5.75 Å². The third kappa shape index (κ3) is 3.39. The minimum atomic E-state index is 0.203. The van der Waals surface area contributed by atoms with Gasteiger partial charge in [0.2, 0.25) is 0 Å². The highest BCUT2D eigenvalue weighted by Gasteiger charge is 2.25. The summed E-state index contributed by atoms with van der Waals surface area (Å²) < 4.78 is 5.06. The van der Waals surface area contributed by atoms with Crippen LogP contribution in [0.3, 0.4) is 0 Å². The van der Waals surface area contributed by atoms with Gasteiger partial charge in [0, 0.05) is 19.1 Å². The van der Waals surface area contributed by atoms with Crippen LogP contribution in [0.4, 0.5) is 0 Å². The molecule has 0 aliphatic carbocycles. The van der Waals surface area contributed by atoms with Crippen molar-refractivity contribution in [2.75, 3.05) is 20.2 Å². The molecule has 1 aromatic carbocycles. The number of nitrogens with zero attached hydrogens (tertiary/aromatic N) is 1. The van der Waals surface area contributed by atoms with Crippen LogP contribution in [0, 0.1) is 5.92 Å². The SMILES string of the molecule is COc1ccc(CN2CCC(C)CC2CN)cc1O. The van der Waals surface area contributed by atoms with E-state index in [0.29, 0.717) is 18.3 Å². The lowest BCUT2D eigenvalue weighted by Crippen LogP contribution is -2.45. The fraction of sp³-hybridized carbons (Fsp3) is 0.600. The minimum Gasteiger partial charge on any atom is -0.504 e. The van der Waals surface area contributed by atoms with E-state index >= 15 is 0 Å². The van der Waals surface area contributed by atoms with Gasteiger partial charge in [-0.25, -0.2) is 0 Å². The van der Waals surface area contributed by atoms with Gasteiger partial charge in [0.25, 0.3) is 0 Å². The van der Waals surface area contributed by atoms with Crippen molar-refractivity contribution >= 4 is 0 Å². The van der Waals surface area contributed by atoms with Crippen molar-refractivity contribution in [2.24, 2.45) is 11.7 Å². The van der Waals surface area contributed by atoms with E-state index in [2.05, 4.69) is 11.8 Å². The van der Waals surface area contributed by atoms with Crippen molar-refractivity contribution in [1.29, 1.82) is 0 Å². The highest BCUT2D eigenvalue weighted by Crippen LogP contribution is 2.28. The number of aromatic hydroxyl groups is 1. The van der Waals surface area contributed by atoms with Crippen LogP contribution in [-0.2, 0) is 6.54 Å². The van der Waals surface area contributed by atoms with E-state index in [1.54, 1.807) is 13.2 Å². The van der Waals surface area contributed by atoms with E-state index in [1.165, 1.54) is 12.8 Å². The van der Waals surface area contributed by atoms with E-state index in [1.807, 2.05) is 12.1 Å². The van der Waals surface area contributed by atoms with Crippen molar-refractivity contribution in [3.8, 4) is 11.5 Å². The zero-order chi connectivity index (χ0) is 13.8. The maximum atomic E-state index is 9.82. The van der Waals surface area contributed by atoms with Gasteiger partial charge < -0.3 is 15.6 Å². The second-order valence-electron chi connectivity index (χ2n) is 5.50. The molecular weight excluding hydrogens is 240 g/mol. The van der Waals surface area contributed by atoms with Gasteiger partial charge in [-0.3, -0.25) is 4.90 Å². The summed E-state index contributed by atoms with van der Waals surface area (Å²) in [6, 6.07) is 6.05. The zero-order valence-corrected chi connectivity index (χ0v) is 11.8. The van der Waals surface area contributed by atoms with Gasteiger partial charge in [-0.2, -0.15) is 0 Å². The second-order valence-corrected chi connectivity index (χ2v) is 5.50. The van der Waals surface area contributed by atoms with Crippen LogP contribution in [-0.4, -0.2) is 36.2 Å². The monoisotopic (exact) mass is 264 g/mol. The number of phenolic OH excluding ortho intramolecular Hbond substituents is 1. The molecule has 2 rings (SSSR count). The standard InChI is InChI=1S/C15H24N2O2/c1-11-5-6-17(13(7-11)9-16)10-12-3-4-15(19-2)14(18)8-12/h3-4,8,11,13,18H,5-7,9-10,16H2,1-2H3. The highest BCUT2D eigenvalue weighted by molar-refractivity contribution is 5.41. The Hall–Kier alpha value is -1.26. The Morgan fingerprint density at radius 1 is 1.47 bits per heavy atom. The molecule has 1 aliphatic heterocycles. The highest BCUT2D eigenvalue weighted by atomic mass is 16.5. The normalized spacial score (nSPS) is 24.4. The predicted octanol–water partition coefficient (Wildman–Crippen LogP) is 1.96. The number of piperidine rings is 1. The first-order valence-corrected chi connectivity index (χ1v) is 6.94. The molecule has 1 aliphatic rings. The van der Waals surface area contributed by atoms with Crippen molar-refractivity contribution in [3.05, 3.63) is 23.8 Å². The van der Waals surface area contributed by atoms with E-state index in [0.717, 1.165) is 24.6 Å². The largest absolute Gasteiger partial charge is 0.504 e. The molecule has 1 saturated heterocycles. The van der Waals surface area contributed by atoms with Crippen molar-refractivity contribution in [2.45, 2.75) is 32.4 Å². The molecule has 3 N–H and O–H groups in total. The maximum absolute atomic E-state index is 9.82. The molecule has 4 heteroatoms. The average Bonchev–Trinajstić information content (AvgIpc) is 2.41. The van der Waals surface area contributed by atoms with Crippen LogP contribution < -0.4 is 10.5 Å².